The average Bonchev–Trinajstić information content (AvgIpc) is 2.60. The highest BCUT2D eigenvalue weighted by Crippen LogP contribution is 2.26. The molecule has 0 unspecified atom stereocenters. The maximum Gasteiger partial charge on any atom is 0.261 e. The van der Waals surface area contributed by atoms with Gasteiger partial charge in [-0.3, -0.25) is 4.72 Å². The van der Waals surface area contributed by atoms with Crippen LogP contribution in [0.1, 0.15) is 30.9 Å². The molecule has 0 aliphatic heterocycles. The molecule has 0 fully saturated rings. The molecule has 0 spiro atoms. The van der Waals surface area contributed by atoms with Crippen LogP contribution in [0.3, 0.4) is 0 Å². The SMILES string of the molecule is CCCN[C@@H]1CCc2cc(NS(=O)(=O)c3ccc(Br)cc3)ccc2C1. The van der Waals surface area contributed by atoms with E-state index >= 15 is 0 Å². The zero-order valence-corrected chi connectivity index (χ0v) is 16.7. The predicted molar refractivity (Wildman–Crippen MR) is 105 cm³/mol. The Hall–Kier alpha value is -1.37. The molecule has 6 heteroatoms. The van der Waals surface area contributed by atoms with Crippen molar-refractivity contribution in [1.29, 1.82) is 0 Å². The molecule has 0 bridgehead atoms. The van der Waals surface area contributed by atoms with E-state index in [1.165, 1.54) is 11.1 Å². The van der Waals surface area contributed by atoms with Crippen molar-refractivity contribution in [2.75, 3.05) is 11.3 Å². The van der Waals surface area contributed by atoms with Gasteiger partial charge in [-0.15, -0.1) is 0 Å². The topological polar surface area (TPSA) is 58.2 Å². The number of anilines is 1. The van der Waals surface area contributed by atoms with E-state index in [9.17, 15) is 8.42 Å². The summed E-state index contributed by atoms with van der Waals surface area (Å²) in [5.41, 5.74) is 3.18. The molecule has 0 saturated carbocycles. The van der Waals surface area contributed by atoms with Crippen LogP contribution in [0.2, 0.25) is 0 Å². The fourth-order valence-electron chi connectivity index (χ4n) is 3.17. The maximum absolute atomic E-state index is 12.5. The Morgan fingerprint density at radius 3 is 2.60 bits per heavy atom. The van der Waals surface area contributed by atoms with E-state index in [1.807, 2.05) is 12.1 Å². The van der Waals surface area contributed by atoms with Crippen molar-refractivity contribution < 1.29 is 8.42 Å². The van der Waals surface area contributed by atoms with Gasteiger partial charge in [-0.25, -0.2) is 8.42 Å². The quantitative estimate of drug-likeness (QED) is 0.736. The Kier molecular flexibility index (Phi) is 5.81. The summed E-state index contributed by atoms with van der Waals surface area (Å²) in [5, 5.41) is 3.58. The fraction of sp³-hybridized carbons (Fsp3) is 0.368. The van der Waals surface area contributed by atoms with Crippen molar-refractivity contribution in [3.05, 3.63) is 58.1 Å². The Bertz CT molecular complexity index is 835. The van der Waals surface area contributed by atoms with Gasteiger partial charge in [-0.1, -0.05) is 28.9 Å². The van der Waals surface area contributed by atoms with Crippen LogP contribution in [-0.2, 0) is 22.9 Å². The monoisotopic (exact) mass is 422 g/mol. The molecule has 4 nitrogen and oxygen atoms in total. The summed E-state index contributed by atoms with van der Waals surface area (Å²) in [7, 11) is -3.56. The number of hydrogen-bond donors (Lipinski definition) is 2. The van der Waals surface area contributed by atoms with Gasteiger partial charge in [0.05, 0.1) is 4.90 Å². The highest BCUT2D eigenvalue weighted by atomic mass is 79.9. The van der Waals surface area contributed by atoms with Gasteiger partial charge in [0.2, 0.25) is 0 Å². The molecule has 0 heterocycles. The standard InChI is InChI=1S/C19H23BrN2O2S/c1-2-11-21-17-7-3-15-13-18(8-4-14(15)12-17)22-25(23,24)19-9-5-16(20)6-10-19/h4-6,8-10,13,17,21-22H,2-3,7,11-12H2,1H3/t17-/m1/s1. The highest BCUT2D eigenvalue weighted by Gasteiger charge is 2.20. The summed E-state index contributed by atoms with van der Waals surface area (Å²) in [5.74, 6) is 0. The first-order chi connectivity index (χ1) is 12.0. The van der Waals surface area contributed by atoms with E-state index in [0.29, 0.717) is 11.7 Å². The molecule has 0 saturated heterocycles. The largest absolute Gasteiger partial charge is 0.314 e. The van der Waals surface area contributed by atoms with Crippen molar-refractivity contribution in [3.63, 3.8) is 0 Å². The van der Waals surface area contributed by atoms with Crippen LogP contribution in [0.5, 0.6) is 0 Å². The van der Waals surface area contributed by atoms with Gasteiger partial charge >= 0.3 is 0 Å². The predicted octanol–water partition coefficient (Wildman–Crippen LogP) is 4.11. The first kappa shape index (κ1) is 18.4. The minimum Gasteiger partial charge on any atom is -0.314 e. The lowest BCUT2D eigenvalue weighted by atomic mass is 9.88. The number of halogens is 1. The van der Waals surface area contributed by atoms with E-state index in [-0.39, 0.29) is 4.90 Å². The average molecular weight is 423 g/mol. The molecule has 2 aromatic rings. The van der Waals surface area contributed by atoms with Crippen LogP contribution in [0.4, 0.5) is 5.69 Å². The van der Waals surface area contributed by atoms with Gasteiger partial charge in [0, 0.05) is 16.2 Å². The fourth-order valence-corrected chi connectivity index (χ4v) is 4.48. The third-order valence-electron chi connectivity index (χ3n) is 4.49. The molecule has 2 aromatic carbocycles. The lowest BCUT2D eigenvalue weighted by Crippen LogP contribution is -2.35. The van der Waals surface area contributed by atoms with Crippen LogP contribution < -0.4 is 10.0 Å². The summed E-state index contributed by atoms with van der Waals surface area (Å²) in [6, 6.07) is 13.0. The number of rotatable bonds is 6. The zero-order valence-electron chi connectivity index (χ0n) is 14.3. The Labute approximate surface area is 158 Å². The maximum atomic E-state index is 12.5. The molecule has 25 heavy (non-hydrogen) atoms. The lowest BCUT2D eigenvalue weighted by molar-refractivity contribution is 0.459. The van der Waals surface area contributed by atoms with Crippen LogP contribution in [0.25, 0.3) is 0 Å². The Balaban J connectivity index is 1.74. The van der Waals surface area contributed by atoms with Crippen LogP contribution >= 0.6 is 15.9 Å². The summed E-state index contributed by atoms with van der Waals surface area (Å²) in [6.45, 7) is 3.22. The van der Waals surface area contributed by atoms with Gasteiger partial charge in [-0.05, 0) is 79.8 Å². The number of fused-ring (bicyclic) bond motifs is 1. The van der Waals surface area contributed by atoms with Crippen molar-refractivity contribution in [3.8, 4) is 0 Å². The summed E-state index contributed by atoms with van der Waals surface area (Å²) in [6.07, 6.45) is 4.22. The molecule has 2 N–H and O–H groups in total. The molecule has 1 atom stereocenters. The van der Waals surface area contributed by atoms with Crippen molar-refractivity contribution in [2.24, 2.45) is 0 Å². The number of benzene rings is 2. The highest BCUT2D eigenvalue weighted by molar-refractivity contribution is 9.10. The summed E-state index contributed by atoms with van der Waals surface area (Å²) >= 11 is 3.32. The van der Waals surface area contributed by atoms with E-state index < -0.39 is 10.0 Å². The first-order valence-electron chi connectivity index (χ1n) is 8.61. The summed E-state index contributed by atoms with van der Waals surface area (Å²) in [4.78, 5) is 0.261. The molecular formula is C19H23BrN2O2S. The van der Waals surface area contributed by atoms with Crippen LogP contribution in [0, 0.1) is 0 Å². The smallest absolute Gasteiger partial charge is 0.261 e. The third kappa shape index (κ3) is 4.63. The Morgan fingerprint density at radius 2 is 1.88 bits per heavy atom. The number of nitrogens with one attached hydrogen (secondary N) is 2. The Morgan fingerprint density at radius 1 is 1.12 bits per heavy atom. The van der Waals surface area contributed by atoms with Gasteiger partial charge in [0.1, 0.15) is 0 Å². The number of sulfonamides is 1. The first-order valence-corrected chi connectivity index (χ1v) is 10.9. The third-order valence-corrected chi connectivity index (χ3v) is 6.42. The minimum absolute atomic E-state index is 0.261. The second-order valence-corrected chi connectivity index (χ2v) is 9.03. The van der Waals surface area contributed by atoms with Crippen molar-refractivity contribution >= 4 is 31.6 Å². The van der Waals surface area contributed by atoms with E-state index in [4.69, 9.17) is 0 Å². The molecule has 3 rings (SSSR count). The van der Waals surface area contributed by atoms with Gasteiger partial charge in [0.15, 0.2) is 0 Å². The second kappa shape index (κ2) is 7.89. The molecule has 1 aliphatic rings. The normalized spacial score (nSPS) is 17.1. The summed E-state index contributed by atoms with van der Waals surface area (Å²) < 4.78 is 28.6. The molecule has 0 amide bonds. The number of aryl methyl sites for hydroxylation is 1. The van der Waals surface area contributed by atoms with Crippen molar-refractivity contribution in [1.82, 2.24) is 5.32 Å². The van der Waals surface area contributed by atoms with Gasteiger partial charge in [-0.2, -0.15) is 0 Å². The van der Waals surface area contributed by atoms with Gasteiger partial charge < -0.3 is 5.32 Å². The minimum atomic E-state index is -3.56. The van der Waals surface area contributed by atoms with E-state index in [0.717, 1.165) is 36.7 Å². The molecular weight excluding hydrogens is 400 g/mol. The second-order valence-electron chi connectivity index (χ2n) is 6.44. The van der Waals surface area contributed by atoms with Crippen molar-refractivity contribution in [2.45, 2.75) is 43.5 Å². The zero-order chi connectivity index (χ0) is 17.9. The molecule has 0 aromatic heterocycles. The molecule has 0 radical (unpaired) electrons. The number of hydrogen-bond acceptors (Lipinski definition) is 3. The molecule has 1 aliphatic carbocycles. The van der Waals surface area contributed by atoms with Crippen LogP contribution in [-0.4, -0.2) is 21.0 Å². The molecule has 134 valence electrons. The van der Waals surface area contributed by atoms with Gasteiger partial charge in [0.25, 0.3) is 10.0 Å². The lowest BCUT2D eigenvalue weighted by Gasteiger charge is -2.26. The van der Waals surface area contributed by atoms with E-state index in [2.05, 4.69) is 39.0 Å². The van der Waals surface area contributed by atoms with E-state index in [1.54, 1.807) is 24.3 Å². The van der Waals surface area contributed by atoms with Crippen LogP contribution in [0.15, 0.2) is 51.8 Å².